The van der Waals surface area contributed by atoms with Gasteiger partial charge >= 0.3 is 4.84 Å². The summed E-state index contributed by atoms with van der Waals surface area (Å²) in [7, 11) is 1.89. The number of aromatic nitrogens is 2. The molecule has 74 valence electrons. The number of rotatable bonds is 5. The Morgan fingerprint density at radius 2 is 2.54 bits per heavy atom. The maximum atomic E-state index is 5.65. The minimum absolute atomic E-state index is 0.166. The van der Waals surface area contributed by atoms with Crippen LogP contribution in [0.15, 0.2) is 4.52 Å². The van der Waals surface area contributed by atoms with Crippen LogP contribution in [0.5, 0.6) is 0 Å². The fraction of sp³-hybridized carbons (Fsp3) is 0.667. The molecule has 0 unspecified atom stereocenters. The van der Waals surface area contributed by atoms with E-state index in [9.17, 15) is 0 Å². The van der Waals surface area contributed by atoms with Gasteiger partial charge in [0.2, 0.25) is 0 Å². The first kappa shape index (κ1) is 10.2. The van der Waals surface area contributed by atoms with Gasteiger partial charge in [0.05, 0.1) is 0 Å². The molecule has 0 bridgehead atoms. The molecular weight excluding hydrogens is 190 g/mol. The molecular formula is C6H13N5OS. The van der Waals surface area contributed by atoms with Crippen molar-refractivity contribution in [3.8, 4) is 0 Å². The van der Waals surface area contributed by atoms with Gasteiger partial charge < -0.3 is 9.84 Å². The van der Waals surface area contributed by atoms with Crippen molar-refractivity contribution in [3.05, 3.63) is 4.84 Å². The van der Waals surface area contributed by atoms with Gasteiger partial charge in [-0.05, 0) is 32.2 Å². The van der Waals surface area contributed by atoms with Gasteiger partial charge in [-0.15, -0.1) is 0 Å². The lowest BCUT2D eigenvalue weighted by Gasteiger charge is -2.13. The first-order valence-corrected chi connectivity index (χ1v) is 4.37. The minimum Gasteiger partial charge on any atom is -0.346 e. The average Bonchev–Trinajstić information content (AvgIpc) is 2.52. The topological polar surface area (TPSA) is 83.1 Å². The molecule has 4 N–H and O–H groups in total. The highest BCUT2D eigenvalue weighted by Crippen LogP contribution is 2.01. The highest BCUT2D eigenvalue weighted by atomic mass is 32.1. The van der Waals surface area contributed by atoms with Gasteiger partial charge in [0, 0.05) is 6.54 Å². The number of nitrogens with zero attached hydrogens (tertiary/aromatic N) is 2. The molecule has 0 amide bonds. The van der Waals surface area contributed by atoms with E-state index in [-0.39, 0.29) is 4.84 Å². The fourth-order valence-electron chi connectivity index (χ4n) is 0.876. The van der Waals surface area contributed by atoms with Crippen molar-refractivity contribution in [2.45, 2.75) is 6.42 Å². The Bertz CT molecular complexity index is 295. The van der Waals surface area contributed by atoms with Crippen molar-refractivity contribution in [2.75, 3.05) is 25.1 Å². The second kappa shape index (κ2) is 4.95. The van der Waals surface area contributed by atoms with E-state index in [1.165, 1.54) is 5.01 Å². The Labute approximate surface area is 81.1 Å². The third kappa shape index (κ3) is 3.13. The van der Waals surface area contributed by atoms with Crippen LogP contribution in [0.4, 0.5) is 5.95 Å². The van der Waals surface area contributed by atoms with Crippen molar-refractivity contribution in [1.82, 2.24) is 15.5 Å². The molecule has 1 rings (SSSR count). The van der Waals surface area contributed by atoms with E-state index in [2.05, 4.69) is 27.7 Å². The van der Waals surface area contributed by atoms with Crippen LogP contribution in [0.25, 0.3) is 0 Å². The average molecular weight is 203 g/mol. The van der Waals surface area contributed by atoms with Gasteiger partial charge in [-0.3, -0.25) is 5.01 Å². The van der Waals surface area contributed by atoms with Crippen LogP contribution in [-0.4, -0.2) is 30.3 Å². The summed E-state index contributed by atoms with van der Waals surface area (Å²) >= 11 is 4.68. The monoisotopic (exact) mass is 203 g/mol. The molecule has 13 heavy (non-hydrogen) atoms. The van der Waals surface area contributed by atoms with Crippen molar-refractivity contribution in [3.63, 3.8) is 0 Å². The lowest BCUT2D eigenvalue weighted by atomic mass is 10.4. The number of nitrogens with one attached hydrogen (secondary N) is 2. The van der Waals surface area contributed by atoms with E-state index in [0.29, 0.717) is 12.5 Å². The summed E-state index contributed by atoms with van der Waals surface area (Å²) in [5.74, 6) is 6.11. The van der Waals surface area contributed by atoms with E-state index in [4.69, 9.17) is 10.4 Å². The van der Waals surface area contributed by atoms with Gasteiger partial charge in [-0.1, -0.05) is 0 Å². The zero-order chi connectivity index (χ0) is 9.68. The molecule has 0 aliphatic rings. The van der Waals surface area contributed by atoms with E-state index < -0.39 is 0 Å². The summed E-state index contributed by atoms with van der Waals surface area (Å²) in [6, 6.07) is 0. The standard InChI is InChI=1S/C6H13N5OS/c1-8-3-2-4-11(7)5-9-6(13)12-10-5/h8H,2-4,7H2,1H3,(H,9,10,13). The Morgan fingerprint density at radius 3 is 3.08 bits per heavy atom. The summed E-state index contributed by atoms with van der Waals surface area (Å²) < 4.78 is 4.73. The highest BCUT2D eigenvalue weighted by Gasteiger charge is 2.04. The highest BCUT2D eigenvalue weighted by molar-refractivity contribution is 7.71. The van der Waals surface area contributed by atoms with Gasteiger partial charge in [0.15, 0.2) is 0 Å². The Balaban J connectivity index is 2.39. The third-order valence-corrected chi connectivity index (χ3v) is 1.70. The van der Waals surface area contributed by atoms with E-state index in [1.54, 1.807) is 0 Å². The largest absolute Gasteiger partial charge is 0.346 e. The Morgan fingerprint density at radius 1 is 1.77 bits per heavy atom. The maximum Gasteiger partial charge on any atom is 0.315 e. The van der Waals surface area contributed by atoms with Gasteiger partial charge in [-0.2, -0.15) is 10.1 Å². The van der Waals surface area contributed by atoms with Gasteiger partial charge in [0.25, 0.3) is 5.95 Å². The van der Waals surface area contributed by atoms with Crippen molar-refractivity contribution in [2.24, 2.45) is 5.84 Å². The lowest BCUT2D eigenvalue weighted by Crippen LogP contribution is -2.34. The predicted octanol–water partition coefficient (Wildman–Crippen LogP) is 0.0218. The molecule has 0 aromatic carbocycles. The second-order valence-corrected chi connectivity index (χ2v) is 2.91. The number of nitrogens with two attached hydrogens (primary N) is 1. The minimum atomic E-state index is 0.166. The fourth-order valence-corrected chi connectivity index (χ4v) is 1.00. The molecule has 6 nitrogen and oxygen atoms in total. The van der Waals surface area contributed by atoms with Crippen molar-refractivity contribution < 1.29 is 4.52 Å². The van der Waals surface area contributed by atoms with Crippen molar-refractivity contribution in [1.29, 1.82) is 0 Å². The summed E-state index contributed by atoms with van der Waals surface area (Å²) in [5, 5.41) is 7.01. The molecule has 0 aliphatic heterocycles. The van der Waals surface area contributed by atoms with Crippen LogP contribution in [0.1, 0.15) is 6.42 Å². The lowest BCUT2D eigenvalue weighted by molar-refractivity contribution is 0.403. The number of hydrogen-bond donors (Lipinski definition) is 3. The molecule has 7 heteroatoms. The van der Waals surface area contributed by atoms with Crippen LogP contribution in [0.2, 0.25) is 0 Å². The predicted molar refractivity (Wildman–Crippen MR) is 51.8 cm³/mol. The zero-order valence-electron chi connectivity index (χ0n) is 7.41. The van der Waals surface area contributed by atoms with Crippen LogP contribution >= 0.6 is 12.2 Å². The summed E-state index contributed by atoms with van der Waals surface area (Å²) in [4.78, 5) is 4.03. The van der Waals surface area contributed by atoms with E-state index >= 15 is 0 Å². The summed E-state index contributed by atoms with van der Waals surface area (Å²) in [5.41, 5.74) is 0. The van der Waals surface area contributed by atoms with Crippen LogP contribution in [-0.2, 0) is 0 Å². The Hall–Kier alpha value is -0.920. The smallest absolute Gasteiger partial charge is 0.315 e. The maximum absolute atomic E-state index is 5.65. The first-order chi connectivity index (χ1) is 6.24. The molecule has 1 aromatic heterocycles. The summed E-state index contributed by atoms with van der Waals surface area (Å²) in [6.07, 6.45) is 0.931. The molecule has 0 spiro atoms. The number of anilines is 1. The van der Waals surface area contributed by atoms with Crippen LogP contribution in [0, 0.1) is 4.84 Å². The van der Waals surface area contributed by atoms with Crippen LogP contribution in [0.3, 0.4) is 0 Å². The molecule has 0 saturated heterocycles. The normalized spacial score (nSPS) is 10.3. The van der Waals surface area contributed by atoms with Gasteiger partial charge in [0.1, 0.15) is 0 Å². The number of aromatic amines is 1. The number of hydrazine groups is 1. The molecule has 0 radical (unpaired) electrons. The van der Waals surface area contributed by atoms with E-state index in [1.807, 2.05) is 7.05 Å². The second-order valence-electron chi connectivity index (χ2n) is 2.56. The van der Waals surface area contributed by atoms with E-state index in [0.717, 1.165) is 13.0 Å². The quantitative estimate of drug-likeness (QED) is 0.271. The van der Waals surface area contributed by atoms with Crippen molar-refractivity contribution >= 4 is 18.2 Å². The summed E-state index contributed by atoms with van der Waals surface area (Å²) in [6.45, 7) is 1.60. The molecule has 1 aromatic rings. The number of H-pyrrole nitrogens is 1. The Kier molecular flexibility index (Phi) is 3.87. The number of hydrogen-bond acceptors (Lipinski definition) is 6. The molecule has 0 atom stereocenters. The molecule has 0 saturated carbocycles. The SMILES string of the molecule is CNCCCN(N)c1nc(=S)o[nH]1. The first-order valence-electron chi connectivity index (χ1n) is 3.96. The molecule has 0 fully saturated rings. The third-order valence-electron chi connectivity index (χ3n) is 1.52. The molecule has 0 aliphatic carbocycles. The molecule has 1 heterocycles. The van der Waals surface area contributed by atoms with Gasteiger partial charge in [-0.25, -0.2) is 5.84 Å². The van der Waals surface area contributed by atoms with Crippen LogP contribution < -0.4 is 16.2 Å². The zero-order valence-corrected chi connectivity index (χ0v) is 8.23.